The molecule has 0 spiro atoms. The first kappa shape index (κ1) is 16.1. The van der Waals surface area contributed by atoms with Crippen LogP contribution in [-0.2, 0) is 0 Å². The van der Waals surface area contributed by atoms with E-state index in [1.54, 1.807) is 0 Å². The van der Waals surface area contributed by atoms with Crippen molar-refractivity contribution in [2.75, 3.05) is 10.7 Å². The molecule has 1 aromatic carbocycles. The zero-order valence-corrected chi connectivity index (χ0v) is 13.5. The molecule has 0 bridgehead atoms. The summed E-state index contributed by atoms with van der Waals surface area (Å²) in [5.74, 6) is -0.240. The number of halogens is 2. The SMILES string of the molecule is CCC(CBr)(CBr)NC(=O)c1ccc([N+](=O)[O-])cc1. The van der Waals surface area contributed by atoms with Crippen LogP contribution in [0.5, 0.6) is 0 Å². The van der Waals surface area contributed by atoms with Crippen molar-refractivity contribution in [1.29, 1.82) is 0 Å². The topological polar surface area (TPSA) is 72.2 Å². The van der Waals surface area contributed by atoms with Crippen LogP contribution in [0.3, 0.4) is 0 Å². The number of alkyl halides is 2. The maximum absolute atomic E-state index is 12.1. The van der Waals surface area contributed by atoms with Gasteiger partial charge in [0.1, 0.15) is 0 Å². The van der Waals surface area contributed by atoms with Crippen molar-refractivity contribution in [2.24, 2.45) is 0 Å². The van der Waals surface area contributed by atoms with E-state index in [1.807, 2.05) is 6.92 Å². The number of nitrogens with one attached hydrogen (secondary N) is 1. The summed E-state index contributed by atoms with van der Waals surface area (Å²) in [6.07, 6.45) is 0.766. The Morgan fingerprint density at radius 3 is 2.21 bits per heavy atom. The summed E-state index contributed by atoms with van der Waals surface area (Å²) >= 11 is 6.78. The summed E-state index contributed by atoms with van der Waals surface area (Å²) in [6.45, 7) is 1.98. The predicted octanol–water partition coefficient (Wildman–Crippen LogP) is 3.26. The van der Waals surface area contributed by atoms with Gasteiger partial charge in [0.2, 0.25) is 0 Å². The summed E-state index contributed by atoms with van der Waals surface area (Å²) in [4.78, 5) is 22.1. The highest BCUT2D eigenvalue weighted by Gasteiger charge is 2.28. The third-order valence-corrected chi connectivity index (χ3v) is 5.05. The van der Waals surface area contributed by atoms with E-state index >= 15 is 0 Å². The first-order chi connectivity index (χ1) is 8.98. The van der Waals surface area contributed by atoms with Gasteiger partial charge in [-0.1, -0.05) is 38.8 Å². The molecule has 0 atom stereocenters. The highest BCUT2D eigenvalue weighted by Crippen LogP contribution is 2.18. The molecule has 1 N–H and O–H groups in total. The number of amides is 1. The van der Waals surface area contributed by atoms with Crippen LogP contribution < -0.4 is 5.32 Å². The van der Waals surface area contributed by atoms with Crippen molar-refractivity contribution >= 4 is 43.5 Å². The second-order valence-corrected chi connectivity index (χ2v) is 5.28. The van der Waals surface area contributed by atoms with Gasteiger partial charge in [-0.15, -0.1) is 0 Å². The van der Waals surface area contributed by atoms with Crippen molar-refractivity contribution < 1.29 is 9.72 Å². The molecule has 0 saturated heterocycles. The number of carbonyl (C=O) groups excluding carboxylic acids is 1. The molecule has 0 heterocycles. The van der Waals surface area contributed by atoms with Crippen molar-refractivity contribution in [3.8, 4) is 0 Å². The Morgan fingerprint density at radius 2 is 1.84 bits per heavy atom. The molecule has 0 aliphatic heterocycles. The molecule has 104 valence electrons. The van der Waals surface area contributed by atoms with Crippen LogP contribution in [-0.4, -0.2) is 27.0 Å². The Balaban J connectivity index is 2.86. The van der Waals surface area contributed by atoms with Crippen LogP contribution in [0.25, 0.3) is 0 Å². The van der Waals surface area contributed by atoms with Gasteiger partial charge in [-0.25, -0.2) is 0 Å². The zero-order valence-electron chi connectivity index (χ0n) is 10.4. The molecule has 1 rings (SSSR count). The average molecular weight is 394 g/mol. The Kier molecular flexibility index (Phi) is 5.93. The lowest BCUT2D eigenvalue weighted by atomic mass is 10.0. The molecule has 0 saturated carbocycles. The highest BCUT2D eigenvalue weighted by molar-refractivity contribution is 9.09. The molecule has 0 radical (unpaired) electrons. The lowest BCUT2D eigenvalue weighted by Crippen LogP contribution is -2.51. The van der Waals surface area contributed by atoms with E-state index in [4.69, 9.17) is 0 Å². The minimum atomic E-state index is -0.491. The molecule has 0 fully saturated rings. The van der Waals surface area contributed by atoms with Crippen molar-refractivity contribution in [3.05, 3.63) is 39.9 Å². The van der Waals surface area contributed by atoms with E-state index < -0.39 is 4.92 Å². The Hall–Kier alpha value is -0.950. The fraction of sp³-hybridized carbons (Fsp3) is 0.417. The van der Waals surface area contributed by atoms with Crippen LogP contribution in [0.1, 0.15) is 23.7 Å². The zero-order chi connectivity index (χ0) is 14.5. The lowest BCUT2D eigenvalue weighted by Gasteiger charge is -2.30. The first-order valence-corrected chi connectivity index (χ1v) is 7.91. The van der Waals surface area contributed by atoms with Crippen LogP contribution >= 0.6 is 31.9 Å². The van der Waals surface area contributed by atoms with Crippen molar-refractivity contribution in [3.63, 3.8) is 0 Å². The third-order valence-electron chi connectivity index (χ3n) is 2.91. The molecule has 7 heteroatoms. The standard InChI is InChI=1S/C12H14Br2N2O3/c1-2-12(7-13,8-14)15-11(17)9-3-5-10(6-4-9)16(18)19/h3-6H,2,7-8H2,1H3,(H,15,17). The van der Waals surface area contributed by atoms with Gasteiger partial charge < -0.3 is 5.32 Å². The Bertz CT molecular complexity index is 450. The number of non-ortho nitro benzene ring substituents is 1. The number of rotatable bonds is 6. The summed E-state index contributed by atoms with van der Waals surface area (Å²) in [6, 6.07) is 5.56. The molecule has 19 heavy (non-hydrogen) atoms. The van der Waals surface area contributed by atoms with Crippen LogP contribution in [0.4, 0.5) is 5.69 Å². The van der Waals surface area contributed by atoms with E-state index in [9.17, 15) is 14.9 Å². The third kappa shape index (κ3) is 4.01. The molecule has 0 aliphatic carbocycles. The second kappa shape index (κ2) is 7.00. The van der Waals surface area contributed by atoms with Crippen LogP contribution in [0.2, 0.25) is 0 Å². The minimum absolute atomic E-state index is 0.0284. The van der Waals surface area contributed by atoms with Crippen LogP contribution in [0.15, 0.2) is 24.3 Å². The minimum Gasteiger partial charge on any atom is -0.345 e. The maximum Gasteiger partial charge on any atom is 0.269 e. The quantitative estimate of drug-likeness (QED) is 0.458. The van der Waals surface area contributed by atoms with E-state index in [0.717, 1.165) is 6.42 Å². The average Bonchev–Trinajstić information content (AvgIpc) is 2.45. The first-order valence-electron chi connectivity index (χ1n) is 5.67. The fourth-order valence-corrected chi connectivity index (χ4v) is 3.43. The molecule has 5 nitrogen and oxygen atoms in total. The number of hydrogen-bond acceptors (Lipinski definition) is 3. The van der Waals surface area contributed by atoms with E-state index in [2.05, 4.69) is 37.2 Å². The Morgan fingerprint density at radius 1 is 1.32 bits per heavy atom. The van der Waals surface area contributed by atoms with Gasteiger partial charge in [-0.2, -0.15) is 0 Å². The largest absolute Gasteiger partial charge is 0.345 e. The van der Waals surface area contributed by atoms with Gasteiger partial charge in [0.25, 0.3) is 11.6 Å². The van der Waals surface area contributed by atoms with Gasteiger partial charge >= 0.3 is 0 Å². The predicted molar refractivity (Wildman–Crippen MR) is 81.2 cm³/mol. The van der Waals surface area contributed by atoms with Gasteiger partial charge in [0.05, 0.1) is 10.5 Å². The van der Waals surface area contributed by atoms with Crippen molar-refractivity contribution in [2.45, 2.75) is 18.9 Å². The van der Waals surface area contributed by atoms with Gasteiger partial charge in [-0.3, -0.25) is 14.9 Å². The monoisotopic (exact) mass is 392 g/mol. The van der Waals surface area contributed by atoms with Gasteiger partial charge in [-0.05, 0) is 18.6 Å². The molecule has 1 aromatic rings. The smallest absolute Gasteiger partial charge is 0.269 e. The number of nitro benzene ring substituents is 1. The number of carbonyl (C=O) groups is 1. The molecule has 0 unspecified atom stereocenters. The molecular weight excluding hydrogens is 380 g/mol. The van der Waals surface area contributed by atoms with Crippen LogP contribution in [0, 0.1) is 10.1 Å². The van der Waals surface area contributed by atoms with E-state index in [-0.39, 0.29) is 17.1 Å². The highest BCUT2D eigenvalue weighted by atomic mass is 79.9. The van der Waals surface area contributed by atoms with Crippen molar-refractivity contribution in [1.82, 2.24) is 5.32 Å². The Labute approximate surface area is 128 Å². The maximum atomic E-state index is 12.1. The fourth-order valence-electron chi connectivity index (χ4n) is 1.43. The number of nitrogens with zero attached hydrogens (tertiary/aromatic N) is 1. The summed E-state index contributed by atoms with van der Waals surface area (Å²) in [7, 11) is 0. The lowest BCUT2D eigenvalue weighted by molar-refractivity contribution is -0.384. The summed E-state index contributed by atoms with van der Waals surface area (Å²) < 4.78 is 0. The molecule has 1 amide bonds. The number of benzene rings is 1. The van der Waals surface area contributed by atoms with E-state index in [1.165, 1.54) is 24.3 Å². The summed E-state index contributed by atoms with van der Waals surface area (Å²) in [5, 5.41) is 14.7. The summed E-state index contributed by atoms with van der Waals surface area (Å²) in [5.41, 5.74) is 0.0170. The van der Waals surface area contributed by atoms with E-state index in [0.29, 0.717) is 16.2 Å². The second-order valence-electron chi connectivity index (χ2n) is 4.16. The molecule has 0 aliphatic rings. The normalized spacial score (nSPS) is 11.1. The van der Waals surface area contributed by atoms with Gasteiger partial charge in [0, 0.05) is 28.4 Å². The number of hydrogen-bond donors (Lipinski definition) is 1. The number of nitro groups is 1. The molecule has 0 aromatic heterocycles. The van der Waals surface area contributed by atoms with Gasteiger partial charge in [0.15, 0.2) is 0 Å². The molecular formula is C12H14Br2N2O3.